The lowest BCUT2D eigenvalue weighted by Gasteiger charge is -2.34. The zero-order chi connectivity index (χ0) is 19.7. The summed E-state index contributed by atoms with van der Waals surface area (Å²) in [4.78, 5) is 36.0. The maximum absolute atomic E-state index is 11.8. The van der Waals surface area contributed by atoms with Crippen molar-refractivity contribution in [3.8, 4) is 11.5 Å². The first-order valence-electron chi connectivity index (χ1n) is 9.30. The van der Waals surface area contributed by atoms with Crippen molar-refractivity contribution in [3.05, 3.63) is 18.5 Å². The summed E-state index contributed by atoms with van der Waals surface area (Å²) in [7, 11) is 3.20. The maximum atomic E-state index is 11.8. The van der Waals surface area contributed by atoms with Crippen molar-refractivity contribution < 1.29 is 19.1 Å². The van der Waals surface area contributed by atoms with Crippen molar-refractivity contribution in [1.82, 2.24) is 20.2 Å². The summed E-state index contributed by atoms with van der Waals surface area (Å²) in [5.74, 6) is 2.29. The fourth-order valence-corrected chi connectivity index (χ4v) is 3.85. The van der Waals surface area contributed by atoms with E-state index in [4.69, 9.17) is 9.47 Å². The Labute approximate surface area is 162 Å². The first-order chi connectivity index (χ1) is 13.6. The molecule has 3 amide bonds. The number of benzene rings is 1. The summed E-state index contributed by atoms with van der Waals surface area (Å²) in [5, 5.41) is 3.48. The highest BCUT2D eigenvalue weighted by Gasteiger charge is 2.32. The fraction of sp³-hybridized carbons (Fsp3) is 0.474. The molecule has 1 N–H and O–H groups in total. The minimum absolute atomic E-state index is 0.107. The van der Waals surface area contributed by atoms with Gasteiger partial charge in [-0.3, -0.25) is 9.69 Å². The molecule has 0 unspecified atom stereocenters. The molecule has 2 aliphatic rings. The van der Waals surface area contributed by atoms with Crippen LogP contribution in [0.15, 0.2) is 18.5 Å². The summed E-state index contributed by atoms with van der Waals surface area (Å²) in [6.45, 7) is 2.19. The maximum Gasteiger partial charge on any atom is 0.324 e. The van der Waals surface area contributed by atoms with Crippen molar-refractivity contribution >= 4 is 28.7 Å². The van der Waals surface area contributed by atoms with Crippen molar-refractivity contribution in [2.24, 2.45) is 5.92 Å². The number of aromatic nitrogens is 2. The number of nitrogens with one attached hydrogen (secondary N) is 1. The molecule has 0 atom stereocenters. The molecule has 0 bridgehead atoms. The third kappa shape index (κ3) is 3.28. The van der Waals surface area contributed by atoms with Crippen LogP contribution in [0.4, 0.5) is 10.6 Å². The molecule has 2 aromatic rings. The number of rotatable bonds is 5. The van der Waals surface area contributed by atoms with Gasteiger partial charge in [0.15, 0.2) is 11.5 Å². The second-order valence-corrected chi connectivity index (χ2v) is 7.02. The van der Waals surface area contributed by atoms with Gasteiger partial charge < -0.3 is 19.7 Å². The predicted molar refractivity (Wildman–Crippen MR) is 103 cm³/mol. The number of ether oxygens (including phenoxy) is 2. The van der Waals surface area contributed by atoms with Gasteiger partial charge in [-0.05, 0) is 24.8 Å². The SMILES string of the molecule is COc1cc2ncnc(N3CCC(CN4C(=O)CNC4=O)CC3)c2cc1OC. The van der Waals surface area contributed by atoms with E-state index >= 15 is 0 Å². The van der Waals surface area contributed by atoms with Gasteiger partial charge in [0.1, 0.15) is 12.1 Å². The van der Waals surface area contributed by atoms with E-state index in [-0.39, 0.29) is 18.5 Å². The smallest absolute Gasteiger partial charge is 0.324 e. The Kier molecular flexibility index (Phi) is 4.89. The van der Waals surface area contributed by atoms with E-state index in [9.17, 15) is 9.59 Å². The first-order valence-corrected chi connectivity index (χ1v) is 9.30. The lowest BCUT2D eigenvalue weighted by Crippen LogP contribution is -2.41. The quantitative estimate of drug-likeness (QED) is 0.778. The van der Waals surface area contributed by atoms with Crippen molar-refractivity contribution in [1.29, 1.82) is 0 Å². The van der Waals surface area contributed by atoms with Gasteiger partial charge >= 0.3 is 6.03 Å². The average molecular weight is 385 g/mol. The lowest BCUT2D eigenvalue weighted by molar-refractivity contribution is -0.125. The number of methoxy groups -OCH3 is 2. The minimum Gasteiger partial charge on any atom is -0.493 e. The summed E-state index contributed by atoms with van der Waals surface area (Å²) in [5.41, 5.74) is 0.795. The van der Waals surface area contributed by atoms with Crippen LogP contribution < -0.4 is 19.7 Å². The van der Waals surface area contributed by atoms with Crippen LogP contribution in [0.25, 0.3) is 10.9 Å². The van der Waals surface area contributed by atoms with E-state index in [2.05, 4.69) is 20.2 Å². The predicted octanol–water partition coefficient (Wildman–Crippen LogP) is 1.42. The van der Waals surface area contributed by atoms with Crippen LogP contribution in [0.1, 0.15) is 12.8 Å². The van der Waals surface area contributed by atoms with Gasteiger partial charge in [0.2, 0.25) is 5.91 Å². The largest absolute Gasteiger partial charge is 0.493 e. The van der Waals surface area contributed by atoms with E-state index in [1.165, 1.54) is 4.90 Å². The number of nitrogens with zero attached hydrogens (tertiary/aromatic N) is 4. The van der Waals surface area contributed by atoms with Gasteiger partial charge in [-0.2, -0.15) is 0 Å². The van der Waals surface area contributed by atoms with Crippen LogP contribution in [0, 0.1) is 5.92 Å². The molecule has 0 aliphatic carbocycles. The molecule has 1 aromatic carbocycles. The third-order valence-electron chi connectivity index (χ3n) is 5.41. The van der Waals surface area contributed by atoms with Crippen molar-refractivity contribution in [2.45, 2.75) is 12.8 Å². The van der Waals surface area contributed by atoms with Crippen molar-refractivity contribution in [3.63, 3.8) is 0 Å². The van der Waals surface area contributed by atoms with Gasteiger partial charge in [-0.25, -0.2) is 14.8 Å². The molecule has 9 nitrogen and oxygen atoms in total. The Hall–Kier alpha value is -3.10. The molecule has 4 rings (SSSR count). The number of amides is 3. The van der Waals surface area contributed by atoms with E-state index in [1.807, 2.05) is 12.1 Å². The van der Waals surface area contributed by atoms with Gasteiger partial charge in [0.25, 0.3) is 0 Å². The second-order valence-electron chi connectivity index (χ2n) is 7.02. The molecular weight excluding hydrogens is 362 g/mol. The molecule has 0 radical (unpaired) electrons. The van der Waals surface area contributed by atoms with Gasteiger partial charge in [-0.1, -0.05) is 0 Å². The van der Waals surface area contributed by atoms with Crippen molar-refractivity contribution in [2.75, 3.05) is 45.3 Å². The van der Waals surface area contributed by atoms with E-state index in [0.29, 0.717) is 24.0 Å². The molecule has 2 fully saturated rings. The molecule has 2 saturated heterocycles. The molecule has 0 spiro atoms. The average Bonchev–Trinajstić information content (AvgIpc) is 3.04. The number of carbonyl (C=O) groups excluding carboxylic acids is 2. The number of piperidine rings is 1. The summed E-state index contributed by atoms with van der Waals surface area (Å²) in [6, 6.07) is 3.47. The van der Waals surface area contributed by atoms with Crippen LogP contribution in [0.2, 0.25) is 0 Å². The highest BCUT2D eigenvalue weighted by Crippen LogP contribution is 2.35. The Morgan fingerprint density at radius 1 is 1.11 bits per heavy atom. The molecule has 3 heterocycles. The van der Waals surface area contributed by atoms with Crippen LogP contribution in [0.3, 0.4) is 0 Å². The highest BCUT2D eigenvalue weighted by molar-refractivity contribution is 6.01. The standard InChI is InChI=1S/C19H23N5O4/c1-27-15-7-13-14(8-16(15)28-2)21-11-22-18(13)23-5-3-12(4-6-23)10-24-17(25)9-20-19(24)26/h7-8,11-12H,3-6,9-10H2,1-2H3,(H,20,26). The monoisotopic (exact) mass is 385 g/mol. The van der Waals surface area contributed by atoms with Crippen LogP contribution in [0.5, 0.6) is 11.5 Å². The Balaban J connectivity index is 1.51. The zero-order valence-corrected chi connectivity index (χ0v) is 16.0. The van der Waals surface area contributed by atoms with Crippen LogP contribution >= 0.6 is 0 Å². The van der Waals surface area contributed by atoms with E-state index in [1.54, 1.807) is 20.5 Å². The molecule has 28 heavy (non-hydrogen) atoms. The number of hydrogen-bond acceptors (Lipinski definition) is 7. The first kappa shape index (κ1) is 18.3. The Bertz CT molecular complexity index is 895. The van der Waals surface area contributed by atoms with Crippen LogP contribution in [-0.4, -0.2) is 67.2 Å². The fourth-order valence-electron chi connectivity index (χ4n) is 3.85. The number of imide groups is 1. The number of hydrogen-bond donors (Lipinski definition) is 1. The summed E-state index contributed by atoms with van der Waals surface area (Å²) >= 11 is 0. The molecule has 1 aromatic heterocycles. The molecular formula is C19H23N5O4. The second kappa shape index (κ2) is 7.49. The van der Waals surface area contributed by atoms with Gasteiger partial charge in [0.05, 0.1) is 26.3 Å². The Morgan fingerprint density at radius 2 is 1.82 bits per heavy atom. The summed E-state index contributed by atoms with van der Waals surface area (Å²) < 4.78 is 10.8. The molecule has 9 heteroatoms. The third-order valence-corrected chi connectivity index (χ3v) is 5.41. The van der Waals surface area contributed by atoms with E-state index in [0.717, 1.165) is 42.7 Å². The lowest BCUT2D eigenvalue weighted by atomic mass is 9.96. The van der Waals surface area contributed by atoms with E-state index < -0.39 is 0 Å². The minimum atomic E-state index is -0.282. The Morgan fingerprint density at radius 3 is 2.46 bits per heavy atom. The van der Waals surface area contributed by atoms with Crippen LogP contribution in [-0.2, 0) is 4.79 Å². The number of urea groups is 1. The molecule has 148 valence electrons. The van der Waals surface area contributed by atoms with Gasteiger partial charge in [-0.15, -0.1) is 0 Å². The number of anilines is 1. The highest BCUT2D eigenvalue weighted by atomic mass is 16.5. The summed E-state index contributed by atoms with van der Waals surface area (Å²) in [6.07, 6.45) is 3.33. The van der Waals surface area contributed by atoms with Gasteiger partial charge in [0, 0.05) is 31.1 Å². The molecule has 2 aliphatic heterocycles. The normalized spacial score (nSPS) is 17.9. The topological polar surface area (TPSA) is 96.9 Å². The number of fused-ring (bicyclic) bond motifs is 1. The molecule has 0 saturated carbocycles. The zero-order valence-electron chi connectivity index (χ0n) is 16.0. The number of carbonyl (C=O) groups is 2.